The van der Waals surface area contributed by atoms with Crippen molar-refractivity contribution in [3.63, 3.8) is 0 Å². The molecule has 1 aromatic heterocycles. The molecular weight excluding hydrogens is 248 g/mol. The smallest absolute Gasteiger partial charge is 0.0691 e. The maximum atomic E-state index is 10.2. The zero-order valence-corrected chi connectivity index (χ0v) is 12.4. The summed E-state index contributed by atoms with van der Waals surface area (Å²) in [5, 5.41) is 10.2. The molecule has 0 spiro atoms. The SMILES string of the molecule is N[C@@H](CC1CCCCC1)[C@@H](O)CCCc1ccccn1. The molecule has 0 radical (unpaired) electrons. The molecular formula is C17H28N2O. The standard InChI is InChI=1S/C17H28N2O/c18-16(13-14-7-2-1-3-8-14)17(20)11-6-10-15-9-4-5-12-19-15/h4-5,9,12,14,16-17,20H,1-3,6-8,10-11,13,18H2/t16-,17-/m0/s1. The molecule has 0 saturated heterocycles. The fourth-order valence-electron chi connectivity index (χ4n) is 3.22. The Morgan fingerprint density at radius 1 is 1.25 bits per heavy atom. The molecule has 1 aromatic rings. The quantitative estimate of drug-likeness (QED) is 0.804. The predicted molar refractivity (Wildman–Crippen MR) is 82.3 cm³/mol. The van der Waals surface area contributed by atoms with E-state index in [0.717, 1.165) is 37.3 Å². The van der Waals surface area contributed by atoms with Gasteiger partial charge in [-0.1, -0.05) is 38.2 Å². The van der Waals surface area contributed by atoms with E-state index in [1.807, 2.05) is 24.4 Å². The van der Waals surface area contributed by atoms with Crippen LogP contribution < -0.4 is 5.73 Å². The number of rotatable bonds is 7. The highest BCUT2D eigenvalue weighted by Crippen LogP contribution is 2.27. The van der Waals surface area contributed by atoms with Gasteiger partial charge in [-0.05, 0) is 43.7 Å². The van der Waals surface area contributed by atoms with Crippen molar-refractivity contribution in [1.29, 1.82) is 0 Å². The van der Waals surface area contributed by atoms with Gasteiger partial charge < -0.3 is 10.8 Å². The highest BCUT2D eigenvalue weighted by atomic mass is 16.3. The summed E-state index contributed by atoms with van der Waals surface area (Å²) in [4.78, 5) is 4.30. The van der Waals surface area contributed by atoms with E-state index in [9.17, 15) is 5.11 Å². The number of aromatic nitrogens is 1. The minimum Gasteiger partial charge on any atom is -0.392 e. The molecule has 0 aliphatic heterocycles. The maximum absolute atomic E-state index is 10.2. The van der Waals surface area contributed by atoms with E-state index in [4.69, 9.17) is 5.73 Å². The van der Waals surface area contributed by atoms with Crippen molar-refractivity contribution < 1.29 is 5.11 Å². The Kier molecular flexibility index (Phi) is 6.48. The molecule has 1 fully saturated rings. The number of nitrogens with two attached hydrogens (primary N) is 1. The van der Waals surface area contributed by atoms with Crippen LogP contribution in [0.2, 0.25) is 0 Å². The first kappa shape index (κ1) is 15.5. The fraction of sp³-hybridized carbons (Fsp3) is 0.706. The number of nitrogens with zero attached hydrogens (tertiary/aromatic N) is 1. The second-order valence-electron chi connectivity index (χ2n) is 6.18. The van der Waals surface area contributed by atoms with Gasteiger partial charge >= 0.3 is 0 Å². The topological polar surface area (TPSA) is 59.1 Å². The van der Waals surface area contributed by atoms with Crippen LogP contribution in [0.5, 0.6) is 0 Å². The largest absolute Gasteiger partial charge is 0.392 e. The van der Waals surface area contributed by atoms with Crippen molar-refractivity contribution in [2.75, 3.05) is 0 Å². The van der Waals surface area contributed by atoms with Crippen molar-refractivity contribution in [1.82, 2.24) is 4.98 Å². The van der Waals surface area contributed by atoms with Crippen LogP contribution in [-0.4, -0.2) is 22.2 Å². The zero-order chi connectivity index (χ0) is 14.2. The van der Waals surface area contributed by atoms with Crippen LogP contribution in [0.25, 0.3) is 0 Å². The molecule has 0 aromatic carbocycles. The highest BCUT2D eigenvalue weighted by Gasteiger charge is 2.21. The lowest BCUT2D eigenvalue weighted by Crippen LogP contribution is -2.36. The second kappa shape index (κ2) is 8.38. The average Bonchev–Trinajstić information content (AvgIpc) is 2.49. The zero-order valence-electron chi connectivity index (χ0n) is 12.4. The van der Waals surface area contributed by atoms with E-state index >= 15 is 0 Å². The van der Waals surface area contributed by atoms with Crippen LogP contribution in [-0.2, 0) is 6.42 Å². The molecule has 20 heavy (non-hydrogen) atoms. The first-order valence-electron chi connectivity index (χ1n) is 8.09. The third kappa shape index (κ3) is 5.22. The van der Waals surface area contributed by atoms with E-state index < -0.39 is 0 Å². The summed E-state index contributed by atoms with van der Waals surface area (Å²) in [6.45, 7) is 0. The lowest BCUT2D eigenvalue weighted by molar-refractivity contribution is 0.116. The van der Waals surface area contributed by atoms with Gasteiger partial charge in [0, 0.05) is 17.9 Å². The lowest BCUT2D eigenvalue weighted by atomic mass is 9.83. The van der Waals surface area contributed by atoms with Crippen LogP contribution in [0.1, 0.15) is 57.1 Å². The molecule has 3 heteroatoms. The van der Waals surface area contributed by atoms with Crippen molar-refractivity contribution in [2.24, 2.45) is 11.7 Å². The van der Waals surface area contributed by atoms with E-state index in [1.165, 1.54) is 32.1 Å². The number of aryl methyl sites for hydroxylation is 1. The lowest BCUT2D eigenvalue weighted by Gasteiger charge is -2.27. The molecule has 1 heterocycles. The number of hydrogen-bond acceptors (Lipinski definition) is 3. The van der Waals surface area contributed by atoms with Gasteiger partial charge in [0.1, 0.15) is 0 Å². The van der Waals surface area contributed by atoms with Gasteiger partial charge in [0.2, 0.25) is 0 Å². The van der Waals surface area contributed by atoms with Gasteiger partial charge in [-0.15, -0.1) is 0 Å². The Hall–Kier alpha value is -0.930. The summed E-state index contributed by atoms with van der Waals surface area (Å²) >= 11 is 0. The Morgan fingerprint density at radius 3 is 2.75 bits per heavy atom. The van der Waals surface area contributed by atoms with E-state index in [2.05, 4.69) is 4.98 Å². The molecule has 2 atom stereocenters. The Balaban J connectivity index is 1.64. The van der Waals surface area contributed by atoms with Gasteiger partial charge in [0.15, 0.2) is 0 Å². The first-order valence-corrected chi connectivity index (χ1v) is 8.09. The van der Waals surface area contributed by atoms with E-state index in [1.54, 1.807) is 0 Å². The summed E-state index contributed by atoms with van der Waals surface area (Å²) < 4.78 is 0. The van der Waals surface area contributed by atoms with Crippen molar-refractivity contribution >= 4 is 0 Å². The van der Waals surface area contributed by atoms with Gasteiger partial charge in [0.05, 0.1) is 6.10 Å². The number of hydrogen-bond donors (Lipinski definition) is 2. The van der Waals surface area contributed by atoms with E-state index in [-0.39, 0.29) is 12.1 Å². The average molecular weight is 276 g/mol. The minimum absolute atomic E-state index is 0.0539. The number of aliphatic hydroxyl groups is 1. The molecule has 2 rings (SSSR count). The molecule has 1 aliphatic rings. The van der Waals surface area contributed by atoms with Gasteiger partial charge in [0.25, 0.3) is 0 Å². The van der Waals surface area contributed by atoms with Crippen molar-refractivity contribution in [3.05, 3.63) is 30.1 Å². The van der Waals surface area contributed by atoms with E-state index in [0.29, 0.717) is 0 Å². The molecule has 0 bridgehead atoms. The molecule has 0 amide bonds. The summed E-state index contributed by atoms with van der Waals surface area (Å²) in [7, 11) is 0. The third-order valence-corrected chi connectivity index (χ3v) is 4.48. The molecule has 0 unspecified atom stereocenters. The van der Waals surface area contributed by atoms with Crippen LogP contribution in [0.15, 0.2) is 24.4 Å². The Bertz CT molecular complexity index is 363. The predicted octanol–water partition coefficient (Wildman–Crippen LogP) is 3.06. The minimum atomic E-state index is -0.361. The Morgan fingerprint density at radius 2 is 2.05 bits per heavy atom. The molecule has 3 nitrogen and oxygen atoms in total. The van der Waals surface area contributed by atoms with Gasteiger partial charge in [-0.3, -0.25) is 4.98 Å². The normalized spacial score (nSPS) is 19.7. The van der Waals surface area contributed by atoms with Crippen LogP contribution in [0.4, 0.5) is 0 Å². The van der Waals surface area contributed by atoms with Gasteiger partial charge in [-0.2, -0.15) is 0 Å². The number of aliphatic hydroxyl groups excluding tert-OH is 1. The first-order chi connectivity index (χ1) is 9.75. The summed E-state index contributed by atoms with van der Waals surface area (Å²) in [5.41, 5.74) is 7.26. The van der Waals surface area contributed by atoms with Crippen molar-refractivity contribution in [2.45, 2.75) is 69.9 Å². The highest BCUT2D eigenvalue weighted by molar-refractivity contribution is 5.03. The second-order valence-corrected chi connectivity index (χ2v) is 6.18. The fourth-order valence-corrected chi connectivity index (χ4v) is 3.22. The van der Waals surface area contributed by atoms with Crippen LogP contribution in [0, 0.1) is 5.92 Å². The molecule has 3 N–H and O–H groups in total. The molecule has 112 valence electrons. The number of pyridine rings is 1. The monoisotopic (exact) mass is 276 g/mol. The Labute approximate surface area is 122 Å². The summed E-state index contributed by atoms with van der Waals surface area (Å²) in [5.74, 6) is 0.740. The van der Waals surface area contributed by atoms with Gasteiger partial charge in [-0.25, -0.2) is 0 Å². The van der Waals surface area contributed by atoms with Crippen molar-refractivity contribution in [3.8, 4) is 0 Å². The summed E-state index contributed by atoms with van der Waals surface area (Å²) in [6, 6.07) is 5.92. The maximum Gasteiger partial charge on any atom is 0.0691 e. The molecule has 1 saturated carbocycles. The van der Waals surface area contributed by atoms with Crippen LogP contribution in [0.3, 0.4) is 0 Å². The molecule has 1 aliphatic carbocycles. The van der Waals surface area contributed by atoms with Crippen LogP contribution >= 0.6 is 0 Å². The summed E-state index contributed by atoms with van der Waals surface area (Å²) in [6.07, 6.45) is 11.8. The third-order valence-electron chi connectivity index (χ3n) is 4.48.